The number of hydrogen-bond donors (Lipinski definition) is 1. The maximum atomic E-state index is 13.5. The molecule has 9 heteroatoms. The van der Waals surface area contributed by atoms with E-state index in [9.17, 15) is 14.7 Å². The second-order valence-electron chi connectivity index (χ2n) is 7.52. The number of carbonyl (C=O) groups is 1. The van der Waals surface area contributed by atoms with Gasteiger partial charge in [0.05, 0.1) is 30.7 Å². The Hall–Kier alpha value is -3.33. The molecule has 168 valence electrons. The summed E-state index contributed by atoms with van der Waals surface area (Å²) < 4.78 is 13.1. The molecule has 3 heterocycles. The van der Waals surface area contributed by atoms with Crippen molar-refractivity contribution in [2.75, 3.05) is 25.2 Å². The fourth-order valence-electron chi connectivity index (χ4n) is 3.94. The lowest BCUT2D eigenvalue weighted by Gasteiger charge is -2.19. The number of fused-ring (bicyclic) bond motifs is 1. The quantitative estimate of drug-likeness (QED) is 0.519. The molecule has 3 aromatic rings. The van der Waals surface area contributed by atoms with E-state index in [0.29, 0.717) is 52.9 Å². The summed E-state index contributed by atoms with van der Waals surface area (Å²) in [5.74, 6) is 0.266. The van der Waals surface area contributed by atoms with Gasteiger partial charge >= 0.3 is 5.97 Å². The highest BCUT2D eigenvalue weighted by molar-refractivity contribution is 7.22. The Labute approximate surface area is 189 Å². The van der Waals surface area contributed by atoms with Crippen molar-refractivity contribution in [2.45, 2.75) is 32.4 Å². The predicted molar refractivity (Wildman–Crippen MR) is 125 cm³/mol. The summed E-state index contributed by atoms with van der Waals surface area (Å²) >= 11 is 1.32. The highest BCUT2D eigenvalue weighted by Crippen LogP contribution is 2.33. The Bertz CT molecular complexity index is 1210. The van der Waals surface area contributed by atoms with Gasteiger partial charge in [-0.1, -0.05) is 30.0 Å². The van der Waals surface area contributed by atoms with Gasteiger partial charge in [-0.2, -0.15) is 0 Å². The fourth-order valence-corrected chi connectivity index (χ4v) is 5.01. The van der Waals surface area contributed by atoms with Gasteiger partial charge in [-0.05, 0) is 43.5 Å². The van der Waals surface area contributed by atoms with E-state index in [1.165, 1.54) is 11.3 Å². The first-order chi connectivity index (χ1) is 15.4. The van der Waals surface area contributed by atoms with Crippen LogP contribution in [0.4, 0.5) is 5.13 Å². The first-order valence-electron chi connectivity index (χ1n) is 10.4. The average Bonchev–Trinajstić information content (AvgIpc) is 3.43. The molecule has 1 atom stereocenters. The van der Waals surface area contributed by atoms with E-state index < -0.39 is 12.0 Å². The number of hydrogen-bond acceptors (Lipinski definition) is 7. The van der Waals surface area contributed by atoms with Crippen LogP contribution in [-0.2, 0) is 16.1 Å². The Morgan fingerprint density at radius 3 is 2.75 bits per heavy atom. The third-order valence-electron chi connectivity index (χ3n) is 5.54. The summed E-state index contributed by atoms with van der Waals surface area (Å²) in [4.78, 5) is 31.4. The largest absolute Gasteiger partial charge is 0.497 e. The summed E-state index contributed by atoms with van der Waals surface area (Å²) in [5.41, 5.74) is 1.55. The molecule has 1 aliphatic heterocycles. The minimum absolute atomic E-state index is 0.261. The number of anilines is 1. The lowest BCUT2D eigenvalue weighted by atomic mass is 10.2. The first-order valence-corrected chi connectivity index (χ1v) is 11.2. The summed E-state index contributed by atoms with van der Waals surface area (Å²) in [7, 11) is 1.60. The first kappa shape index (κ1) is 21.9. The van der Waals surface area contributed by atoms with Crippen molar-refractivity contribution < 1.29 is 19.4 Å². The number of nitrogens with zero attached hydrogens (tertiary/aromatic N) is 3. The molecular weight excluding hydrogens is 430 g/mol. The highest BCUT2D eigenvalue weighted by Gasteiger charge is 2.33. The molecule has 0 amide bonds. The number of carboxylic acid groups (broad SMARTS) is 1. The Kier molecular flexibility index (Phi) is 6.18. The van der Waals surface area contributed by atoms with Crippen LogP contribution in [0.5, 0.6) is 5.75 Å². The molecule has 32 heavy (non-hydrogen) atoms. The number of pyridine rings is 1. The molecule has 1 N–H and O–H groups in total. The third-order valence-corrected chi connectivity index (χ3v) is 6.58. The number of benzene rings is 1. The number of ether oxygens (including phenoxy) is 2. The van der Waals surface area contributed by atoms with E-state index in [0.717, 1.165) is 17.7 Å². The summed E-state index contributed by atoms with van der Waals surface area (Å²) in [6.07, 6.45) is 1.35. The van der Waals surface area contributed by atoms with Gasteiger partial charge in [-0.3, -0.25) is 9.36 Å². The fraction of sp³-hybridized carbons (Fsp3) is 0.348. The summed E-state index contributed by atoms with van der Waals surface area (Å²) in [5, 5.41) is 10.1. The zero-order chi connectivity index (χ0) is 22.8. The molecular formula is C23H25N3O5S. The van der Waals surface area contributed by atoms with Gasteiger partial charge in [0.1, 0.15) is 23.1 Å². The zero-order valence-electron chi connectivity index (χ0n) is 18.0. The molecule has 4 rings (SSSR count). The average molecular weight is 456 g/mol. The second-order valence-corrected chi connectivity index (χ2v) is 8.53. The Balaban J connectivity index is 1.80. The van der Waals surface area contributed by atoms with Gasteiger partial charge in [0.15, 0.2) is 5.13 Å². The summed E-state index contributed by atoms with van der Waals surface area (Å²) in [6.45, 7) is 7.21. The number of carboxylic acids is 1. The second kappa shape index (κ2) is 9.04. The molecule has 0 saturated carbocycles. The highest BCUT2D eigenvalue weighted by atomic mass is 32.1. The van der Waals surface area contributed by atoms with Crippen molar-refractivity contribution in [2.24, 2.45) is 0 Å². The number of aliphatic carboxylic acids is 1. The molecule has 0 aliphatic carbocycles. The smallest absolute Gasteiger partial charge is 0.326 e. The van der Waals surface area contributed by atoms with Gasteiger partial charge < -0.3 is 19.5 Å². The van der Waals surface area contributed by atoms with Crippen LogP contribution < -0.4 is 15.2 Å². The van der Waals surface area contributed by atoms with Crippen molar-refractivity contribution in [3.63, 3.8) is 0 Å². The van der Waals surface area contributed by atoms with Crippen LogP contribution in [0.3, 0.4) is 0 Å². The lowest BCUT2D eigenvalue weighted by Crippen LogP contribution is -2.35. The van der Waals surface area contributed by atoms with Crippen LogP contribution in [0.1, 0.15) is 31.0 Å². The van der Waals surface area contributed by atoms with E-state index in [1.54, 1.807) is 16.6 Å². The predicted octanol–water partition coefficient (Wildman–Crippen LogP) is 3.58. The van der Waals surface area contributed by atoms with Crippen LogP contribution in [-0.4, -0.2) is 46.9 Å². The molecule has 0 bridgehead atoms. The number of rotatable bonds is 8. The van der Waals surface area contributed by atoms with Gasteiger partial charge in [-0.25, -0.2) is 9.78 Å². The van der Waals surface area contributed by atoms with Gasteiger partial charge in [0.25, 0.3) is 5.56 Å². The van der Waals surface area contributed by atoms with E-state index in [1.807, 2.05) is 37.3 Å². The zero-order valence-corrected chi connectivity index (χ0v) is 18.9. The van der Waals surface area contributed by atoms with Crippen LogP contribution >= 0.6 is 11.3 Å². The minimum atomic E-state index is -0.871. The van der Waals surface area contributed by atoms with E-state index in [2.05, 4.69) is 11.6 Å². The van der Waals surface area contributed by atoms with Crippen LogP contribution in [0, 0.1) is 0 Å². The van der Waals surface area contributed by atoms with Crippen molar-refractivity contribution in [3.8, 4) is 5.75 Å². The molecule has 1 fully saturated rings. The molecule has 1 aliphatic rings. The molecule has 0 radical (unpaired) electrons. The van der Waals surface area contributed by atoms with E-state index in [-0.39, 0.29) is 5.56 Å². The van der Waals surface area contributed by atoms with Crippen molar-refractivity contribution in [1.82, 2.24) is 9.55 Å². The van der Waals surface area contributed by atoms with Gasteiger partial charge in [0.2, 0.25) is 0 Å². The van der Waals surface area contributed by atoms with Gasteiger partial charge in [0, 0.05) is 6.54 Å². The number of methoxy groups -OCH3 is 1. The maximum absolute atomic E-state index is 13.5. The van der Waals surface area contributed by atoms with Crippen LogP contribution in [0.15, 0.2) is 41.7 Å². The molecule has 2 aromatic heterocycles. The standard InChI is InChI=1S/C23H25N3O5S/c1-4-31-14(2)18-12-19-20(24-23(32-19)25-11-5-6-17(25)22(28)29)21(27)26(18)13-15-7-9-16(30-3)10-8-15/h7-10,12,17H,2,4-6,11,13H2,1,3H3,(H,28,29)/t17-/m1/s1. The van der Waals surface area contributed by atoms with Crippen LogP contribution in [0.2, 0.25) is 0 Å². The van der Waals surface area contributed by atoms with Crippen molar-refractivity contribution in [1.29, 1.82) is 0 Å². The molecule has 1 saturated heterocycles. The van der Waals surface area contributed by atoms with Gasteiger partial charge in [-0.15, -0.1) is 0 Å². The maximum Gasteiger partial charge on any atom is 0.326 e. The topological polar surface area (TPSA) is 93.9 Å². The molecule has 1 aromatic carbocycles. The van der Waals surface area contributed by atoms with E-state index in [4.69, 9.17) is 9.47 Å². The third kappa shape index (κ3) is 4.08. The van der Waals surface area contributed by atoms with Crippen molar-refractivity contribution >= 4 is 38.4 Å². The normalized spacial score (nSPS) is 15.8. The number of aromatic nitrogens is 2. The SMILES string of the molecule is C=C(OCC)c1cc2sc(N3CCC[C@@H]3C(=O)O)nc2c(=O)n1Cc1ccc(OC)cc1. The number of thiazole rings is 1. The Morgan fingerprint density at radius 2 is 2.09 bits per heavy atom. The molecule has 8 nitrogen and oxygen atoms in total. The Morgan fingerprint density at radius 1 is 1.34 bits per heavy atom. The lowest BCUT2D eigenvalue weighted by molar-refractivity contribution is -0.138. The van der Waals surface area contributed by atoms with Crippen LogP contribution in [0.25, 0.3) is 16.0 Å². The minimum Gasteiger partial charge on any atom is -0.497 e. The van der Waals surface area contributed by atoms with Crippen molar-refractivity contribution in [3.05, 3.63) is 58.5 Å². The molecule has 0 spiro atoms. The van der Waals surface area contributed by atoms with E-state index >= 15 is 0 Å². The monoisotopic (exact) mass is 455 g/mol. The molecule has 0 unspecified atom stereocenters. The summed E-state index contributed by atoms with van der Waals surface area (Å²) in [6, 6.07) is 8.72.